The average molecular weight is 421 g/mol. The van der Waals surface area contributed by atoms with E-state index in [2.05, 4.69) is 0 Å². The molecule has 0 aromatic carbocycles. The fourth-order valence-corrected chi connectivity index (χ4v) is 3.69. The number of carbonyl (C=O) groups is 3. The van der Waals surface area contributed by atoms with Crippen LogP contribution in [0.2, 0.25) is 0 Å². The monoisotopic (exact) mass is 420 g/mol. The predicted molar refractivity (Wildman–Crippen MR) is 115 cm³/mol. The van der Waals surface area contributed by atoms with Crippen LogP contribution in [0.15, 0.2) is 34.9 Å². The van der Waals surface area contributed by atoms with Gasteiger partial charge in [-0.15, -0.1) is 0 Å². The lowest BCUT2D eigenvalue weighted by atomic mass is 9.76. The number of hydrogen-bond donors (Lipinski definition) is 0. The van der Waals surface area contributed by atoms with E-state index in [4.69, 9.17) is 14.2 Å². The number of esters is 3. The van der Waals surface area contributed by atoms with Crippen molar-refractivity contribution in [2.45, 2.75) is 86.5 Å². The lowest BCUT2D eigenvalue weighted by molar-refractivity contribution is -0.152. The van der Waals surface area contributed by atoms with Crippen LogP contribution in [0.1, 0.15) is 68.2 Å². The first-order chi connectivity index (χ1) is 13.9. The highest BCUT2D eigenvalue weighted by atomic mass is 16.6. The first-order valence-electron chi connectivity index (χ1n) is 10.5. The Balaban J connectivity index is 3.15. The van der Waals surface area contributed by atoms with Crippen LogP contribution in [-0.4, -0.2) is 36.2 Å². The van der Waals surface area contributed by atoms with Crippen LogP contribution in [0.3, 0.4) is 0 Å². The fourth-order valence-electron chi connectivity index (χ4n) is 3.69. The summed E-state index contributed by atoms with van der Waals surface area (Å²) >= 11 is 0. The third kappa shape index (κ3) is 8.17. The van der Waals surface area contributed by atoms with Gasteiger partial charge in [0.25, 0.3) is 0 Å². The smallest absolute Gasteiger partial charge is 0.333 e. The lowest BCUT2D eigenvalue weighted by Gasteiger charge is -2.37. The summed E-state index contributed by atoms with van der Waals surface area (Å²) in [6.45, 7) is 14.1. The molecule has 30 heavy (non-hydrogen) atoms. The molecule has 6 heteroatoms. The van der Waals surface area contributed by atoms with Crippen LogP contribution in [0.25, 0.3) is 0 Å². The minimum Gasteiger partial charge on any atom is -0.458 e. The SMILES string of the molecule is C/C=C(/C)C(=O)O[C@H]1C=C(C)[C@H](OC(C)=O)C[C@@H]1C(C)CC(C=C(C)C)OC(C)=O. The Bertz CT molecular complexity index is 726. The minimum atomic E-state index is -0.445. The molecule has 6 nitrogen and oxygen atoms in total. The molecule has 0 aromatic rings. The molecule has 1 aliphatic rings. The van der Waals surface area contributed by atoms with Gasteiger partial charge in [-0.25, -0.2) is 4.79 Å². The van der Waals surface area contributed by atoms with E-state index in [9.17, 15) is 14.4 Å². The summed E-state index contributed by atoms with van der Waals surface area (Å²) in [5.74, 6) is -1.10. The van der Waals surface area contributed by atoms with Crippen molar-refractivity contribution in [1.82, 2.24) is 0 Å². The lowest BCUT2D eigenvalue weighted by Crippen LogP contribution is -2.39. The Hall–Kier alpha value is -2.37. The maximum atomic E-state index is 12.4. The van der Waals surface area contributed by atoms with Gasteiger partial charge in [0, 0.05) is 25.3 Å². The molecule has 1 rings (SSSR count). The third-order valence-electron chi connectivity index (χ3n) is 5.32. The number of carbonyl (C=O) groups excluding carboxylic acids is 3. The molecule has 0 bridgehead atoms. The average Bonchev–Trinajstić information content (AvgIpc) is 2.61. The van der Waals surface area contributed by atoms with E-state index in [1.54, 1.807) is 19.9 Å². The van der Waals surface area contributed by atoms with Crippen molar-refractivity contribution in [3.05, 3.63) is 34.9 Å². The Kier molecular flexibility index (Phi) is 10.0. The van der Waals surface area contributed by atoms with E-state index in [1.807, 2.05) is 39.8 Å². The van der Waals surface area contributed by atoms with Crippen molar-refractivity contribution in [2.24, 2.45) is 11.8 Å². The van der Waals surface area contributed by atoms with Crippen LogP contribution in [-0.2, 0) is 28.6 Å². The zero-order chi connectivity index (χ0) is 23.0. The summed E-state index contributed by atoms with van der Waals surface area (Å²) in [5, 5.41) is 0. The Morgan fingerprint density at radius 2 is 1.73 bits per heavy atom. The molecule has 0 fully saturated rings. The summed E-state index contributed by atoms with van der Waals surface area (Å²) < 4.78 is 16.8. The summed E-state index contributed by atoms with van der Waals surface area (Å²) in [5.41, 5.74) is 2.46. The maximum absolute atomic E-state index is 12.4. The van der Waals surface area contributed by atoms with E-state index in [0.717, 1.165) is 11.1 Å². The van der Waals surface area contributed by atoms with E-state index >= 15 is 0 Å². The van der Waals surface area contributed by atoms with E-state index in [0.29, 0.717) is 18.4 Å². The molecule has 0 N–H and O–H groups in total. The number of rotatable bonds is 8. The van der Waals surface area contributed by atoms with Crippen molar-refractivity contribution >= 4 is 17.9 Å². The highest BCUT2D eigenvalue weighted by Gasteiger charge is 2.37. The highest BCUT2D eigenvalue weighted by Crippen LogP contribution is 2.36. The standard InChI is InChI=1S/C24H36O6/c1-9-15(4)24(27)30-23-12-17(6)22(29-19(8)26)13-21(23)16(5)11-20(10-14(2)3)28-18(7)25/h9-10,12,16,20-23H,11,13H2,1-8H3/b15-9-/t16?,20?,21-,22-,23+/m1/s1. The molecule has 5 atom stereocenters. The Morgan fingerprint density at radius 3 is 2.23 bits per heavy atom. The van der Waals surface area contributed by atoms with Crippen molar-refractivity contribution < 1.29 is 28.6 Å². The number of ether oxygens (including phenoxy) is 3. The van der Waals surface area contributed by atoms with E-state index < -0.39 is 6.10 Å². The van der Waals surface area contributed by atoms with Crippen LogP contribution < -0.4 is 0 Å². The van der Waals surface area contributed by atoms with Gasteiger partial charge in [-0.2, -0.15) is 0 Å². The van der Waals surface area contributed by atoms with Crippen LogP contribution in [0.4, 0.5) is 0 Å². The molecule has 0 aliphatic heterocycles. The molecular formula is C24H36O6. The van der Waals surface area contributed by atoms with Crippen LogP contribution >= 0.6 is 0 Å². The quantitative estimate of drug-likeness (QED) is 0.245. The molecule has 0 saturated heterocycles. The topological polar surface area (TPSA) is 78.9 Å². The molecule has 2 unspecified atom stereocenters. The second-order valence-corrected chi connectivity index (χ2v) is 8.35. The summed E-state index contributed by atoms with van der Waals surface area (Å²) in [6.07, 6.45) is 5.46. The molecule has 1 aliphatic carbocycles. The van der Waals surface area contributed by atoms with Gasteiger partial charge in [0.1, 0.15) is 18.3 Å². The zero-order valence-corrected chi connectivity index (χ0v) is 19.5. The van der Waals surface area contributed by atoms with Crippen molar-refractivity contribution in [3.63, 3.8) is 0 Å². The molecule has 0 radical (unpaired) electrons. The maximum Gasteiger partial charge on any atom is 0.333 e. The Labute approximate surface area is 180 Å². The first-order valence-corrected chi connectivity index (χ1v) is 10.5. The largest absolute Gasteiger partial charge is 0.458 e. The summed E-state index contributed by atoms with van der Waals surface area (Å²) in [7, 11) is 0. The molecule has 0 spiro atoms. The molecule has 0 saturated carbocycles. The molecule has 0 amide bonds. The van der Waals surface area contributed by atoms with E-state index in [1.165, 1.54) is 13.8 Å². The van der Waals surface area contributed by atoms with Gasteiger partial charge in [-0.3, -0.25) is 9.59 Å². The zero-order valence-electron chi connectivity index (χ0n) is 19.5. The fraction of sp³-hybridized carbons (Fsp3) is 0.625. The number of hydrogen-bond acceptors (Lipinski definition) is 6. The molecular weight excluding hydrogens is 384 g/mol. The van der Waals surface area contributed by atoms with Crippen molar-refractivity contribution in [1.29, 1.82) is 0 Å². The van der Waals surface area contributed by atoms with Gasteiger partial charge in [0.2, 0.25) is 0 Å². The van der Waals surface area contributed by atoms with Gasteiger partial charge in [0.05, 0.1) is 0 Å². The summed E-state index contributed by atoms with van der Waals surface area (Å²) in [6, 6.07) is 0. The summed E-state index contributed by atoms with van der Waals surface area (Å²) in [4.78, 5) is 35.5. The van der Waals surface area contributed by atoms with Crippen molar-refractivity contribution in [2.75, 3.05) is 0 Å². The first kappa shape index (κ1) is 25.7. The van der Waals surface area contributed by atoms with E-state index in [-0.39, 0.29) is 42.0 Å². The van der Waals surface area contributed by atoms with Gasteiger partial charge in [-0.05, 0) is 71.1 Å². The van der Waals surface area contributed by atoms with Crippen LogP contribution in [0.5, 0.6) is 0 Å². The second-order valence-electron chi connectivity index (χ2n) is 8.35. The normalized spacial score (nSPS) is 23.5. The van der Waals surface area contributed by atoms with Gasteiger partial charge in [-0.1, -0.05) is 18.6 Å². The second kappa shape index (κ2) is 11.7. The van der Waals surface area contributed by atoms with Crippen LogP contribution in [0, 0.1) is 11.8 Å². The van der Waals surface area contributed by atoms with Crippen molar-refractivity contribution in [3.8, 4) is 0 Å². The third-order valence-corrected chi connectivity index (χ3v) is 5.32. The highest BCUT2D eigenvalue weighted by molar-refractivity contribution is 5.87. The molecule has 0 aromatic heterocycles. The van der Waals surface area contributed by atoms with Gasteiger partial charge in [0.15, 0.2) is 0 Å². The predicted octanol–water partition coefficient (Wildman–Crippen LogP) is 4.69. The van der Waals surface area contributed by atoms with Gasteiger partial charge < -0.3 is 14.2 Å². The molecule has 168 valence electrons. The van der Waals surface area contributed by atoms with Gasteiger partial charge >= 0.3 is 17.9 Å². The molecule has 0 heterocycles. The minimum absolute atomic E-state index is 0.0380. The Morgan fingerprint density at radius 1 is 1.10 bits per heavy atom. The number of allylic oxidation sites excluding steroid dienone is 2.